The summed E-state index contributed by atoms with van der Waals surface area (Å²) in [7, 11) is 0. The maximum atomic E-state index is 5.38. The van der Waals surface area contributed by atoms with Crippen LogP contribution >= 0.6 is 0 Å². The Bertz CT molecular complexity index is 2790. The first-order chi connectivity index (χ1) is 27.0. The van der Waals surface area contributed by atoms with Crippen molar-refractivity contribution < 1.29 is 0 Å². The van der Waals surface area contributed by atoms with Crippen molar-refractivity contribution in [2.75, 3.05) is 0 Å². The van der Waals surface area contributed by atoms with Crippen LogP contribution in [0.4, 0.5) is 0 Å². The lowest BCUT2D eigenvalue weighted by Crippen LogP contribution is -2.14. The number of benzene rings is 7. The van der Waals surface area contributed by atoms with Gasteiger partial charge in [-0.2, -0.15) is 0 Å². The first-order valence-electron chi connectivity index (χ1n) is 19.0. The number of fused-ring (bicyclic) bond motifs is 6. The molecule has 2 heterocycles. The predicted molar refractivity (Wildman–Crippen MR) is 234 cm³/mol. The Balaban J connectivity index is 0.00000128. The topological polar surface area (TPSA) is 17.8 Å². The van der Waals surface area contributed by atoms with E-state index in [0.29, 0.717) is 0 Å². The highest BCUT2D eigenvalue weighted by atomic mass is 15.0. The second-order valence-corrected chi connectivity index (χ2v) is 14.8. The van der Waals surface area contributed by atoms with Crippen LogP contribution in [0, 0.1) is 0 Å². The van der Waals surface area contributed by atoms with E-state index in [4.69, 9.17) is 4.98 Å². The zero-order chi connectivity index (χ0) is 37.5. The zero-order valence-electron chi connectivity index (χ0n) is 31.5. The monoisotopic (exact) mass is 706 g/mol. The van der Waals surface area contributed by atoms with Gasteiger partial charge in [-0.25, -0.2) is 4.98 Å². The van der Waals surface area contributed by atoms with Crippen LogP contribution in [0.2, 0.25) is 0 Å². The fraction of sp³-hybridized carbons (Fsp3) is 0.0755. The molecule has 0 bridgehead atoms. The maximum absolute atomic E-state index is 5.38. The minimum Gasteiger partial charge on any atom is -0.309 e. The van der Waals surface area contributed by atoms with Crippen LogP contribution < -0.4 is 0 Å². The minimum absolute atomic E-state index is 0.0611. The molecule has 0 N–H and O–H groups in total. The smallest absolute Gasteiger partial charge is 0.0722 e. The Labute approximate surface area is 323 Å². The van der Waals surface area contributed by atoms with E-state index >= 15 is 0 Å². The van der Waals surface area contributed by atoms with Crippen molar-refractivity contribution in [2.45, 2.75) is 26.2 Å². The van der Waals surface area contributed by atoms with Gasteiger partial charge in [0.25, 0.3) is 0 Å². The summed E-state index contributed by atoms with van der Waals surface area (Å²) in [6, 6.07) is 65.9. The molecule has 2 nitrogen and oxygen atoms in total. The van der Waals surface area contributed by atoms with Gasteiger partial charge in [-0.1, -0.05) is 153 Å². The second kappa shape index (κ2) is 13.9. The van der Waals surface area contributed by atoms with Gasteiger partial charge in [-0.15, -0.1) is 6.58 Å². The highest BCUT2D eigenvalue weighted by Gasteiger charge is 2.35. The van der Waals surface area contributed by atoms with Gasteiger partial charge in [-0.3, -0.25) is 0 Å². The molecule has 1 aliphatic rings. The summed E-state index contributed by atoms with van der Waals surface area (Å²) < 4.78 is 2.40. The maximum Gasteiger partial charge on any atom is 0.0722 e. The lowest BCUT2D eigenvalue weighted by Gasteiger charge is -2.22. The van der Waals surface area contributed by atoms with Crippen LogP contribution in [0.5, 0.6) is 0 Å². The number of hydrogen-bond acceptors (Lipinski definition) is 1. The van der Waals surface area contributed by atoms with Gasteiger partial charge in [0.15, 0.2) is 0 Å². The number of rotatable bonds is 5. The average molecular weight is 707 g/mol. The summed E-state index contributed by atoms with van der Waals surface area (Å²) in [5.41, 5.74) is 17.8. The number of allylic oxidation sites excluding steroid dienone is 1. The van der Waals surface area contributed by atoms with E-state index in [1.807, 2.05) is 6.92 Å². The van der Waals surface area contributed by atoms with E-state index in [-0.39, 0.29) is 5.41 Å². The van der Waals surface area contributed by atoms with E-state index in [1.54, 1.807) is 6.08 Å². The van der Waals surface area contributed by atoms with E-state index in [2.05, 4.69) is 207 Å². The van der Waals surface area contributed by atoms with Crippen molar-refractivity contribution in [2.24, 2.45) is 0 Å². The molecule has 0 aliphatic heterocycles. The fourth-order valence-electron chi connectivity index (χ4n) is 8.43. The lowest BCUT2D eigenvalue weighted by molar-refractivity contribution is 0.660. The predicted octanol–water partition coefficient (Wildman–Crippen LogP) is 14.3. The molecule has 0 saturated heterocycles. The van der Waals surface area contributed by atoms with Crippen LogP contribution in [-0.2, 0) is 5.41 Å². The third-order valence-corrected chi connectivity index (χ3v) is 11.0. The van der Waals surface area contributed by atoms with E-state index in [9.17, 15) is 0 Å². The molecule has 0 amide bonds. The summed E-state index contributed by atoms with van der Waals surface area (Å²) in [5.74, 6) is 0. The average Bonchev–Trinajstić information content (AvgIpc) is 3.70. The highest BCUT2D eigenvalue weighted by Crippen LogP contribution is 2.50. The Hall–Kier alpha value is -6.77. The molecule has 264 valence electrons. The molecule has 2 heteroatoms. The number of nitrogens with zero attached hydrogens (tertiary/aromatic N) is 2. The Morgan fingerprint density at radius 1 is 0.473 bits per heavy atom. The summed E-state index contributed by atoms with van der Waals surface area (Å²) in [6.45, 7) is 9.95. The molecule has 1 aliphatic carbocycles. The molecule has 0 fully saturated rings. The van der Waals surface area contributed by atoms with Crippen LogP contribution in [0.1, 0.15) is 31.9 Å². The van der Waals surface area contributed by atoms with Crippen LogP contribution in [0.25, 0.3) is 83.4 Å². The third kappa shape index (κ3) is 5.88. The van der Waals surface area contributed by atoms with Gasteiger partial charge < -0.3 is 4.57 Å². The molecule has 0 atom stereocenters. The Morgan fingerprint density at radius 3 is 1.80 bits per heavy atom. The highest BCUT2D eigenvalue weighted by molar-refractivity contribution is 6.16. The number of hydrogen-bond donors (Lipinski definition) is 0. The van der Waals surface area contributed by atoms with Gasteiger partial charge in [0.2, 0.25) is 0 Å². The Morgan fingerprint density at radius 2 is 1.05 bits per heavy atom. The number of pyridine rings is 1. The van der Waals surface area contributed by atoms with Crippen molar-refractivity contribution in [3.05, 3.63) is 206 Å². The van der Waals surface area contributed by atoms with Gasteiger partial charge in [0.1, 0.15) is 0 Å². The van der Waals surface area contributed by atoms with Gasteiger partial charge >= 0.3 is 0 Å². The fourth-order valence-corrected chi connectivity index (χ4v) is 8.43. The van der Waals surface area contributed by atoms with E-state index in [1.165, 1.54) is 55.2 Å². The summed E-state index contributed by atoms with van der Waals surface area (Å²) in [4.78, 5) is 5.38. The lowest BCUT2D eigenvalue weighted by atomic mass is 9.81. The SMILES string of the molecule is C=CC.CC1(C)c2ccccc2-c2ccc(-c3ccc4c(c3)c3c(-c5cc(-c6ccccc6)cc(-c6ccccc6)n5)cccc3n4-c3ccccc3)cc21. The summed E-state index contributed by atoms with van der Waals surface area (Å²) >= 11 is 0. The normalized spacial score (nSPS) is 12.5. The minimum atomic E-state index is -0.0611. The molecule has 7 aromatic carbocycles. The van der Waals surface area contributed by atoms with Crippen LogP contribution in [0.15, 0.2) is 195 Å². The zero-order valence-corrected chi connectivity index (χ0v) is 31.5. The standard InChI is InChI=1S/C50H36N2.C3H6/c1-50(2)43-23-13-12-21-39(43)40-27-25-36(30-44(40)50)35-26-28-47-42(29-35)49-41(22-14-24-48(49)52(47)38-19-10-5-11-20-38)46-32-37(33-15-6-3-7-16-33)31-45(51-46)34-17-8-4-9-18-34;1-3-2/h3-32H,1-2H3;3H,1H2,2H3. The van der Waals surface area contributed by atoms with Crippen LogP contribution in [-0.4, -0.2) is 9.55 Å². The molecule has 0 spiro atoms. The number of para-hydroxylation sites is 1. The van der Waals surface area contributed by atoms with Gasteiger partial charge in [-0.05, 0) is 100.0 Å². The van der Waals surface area contributed by atoms with E-state index in [0.717, 1.165) is 39.3 Å². The number of aromatic nitrogens is 2. The van der Waals surface area contributed by atoms with E-state index < -0.39 is 0 Å². The van der Waals surface area contributed by atoms with Crippen LogP contribution in [0.3, 0.4) is 0 Å². The first kappa shape index (κ1) is 34.0. The Kier molecular flexibility index (Phi) is 8.60. The van der Waals surface area contributed by atoms with Crippen molar-refractivity contribution in [1.82, 2.24) is 9.55 Å². The molecular weight excluding hydrogens is 665 g/mol. The molecule has 0 unspecified atom stereocenters. The molecule has 55 heavy (non-hydrogen) atoms. The van der Waals surface area contributed by atoms with Crippen molar-refractivity contribution >= 4 is 21.8 Å². The quantitative estimate of drug-likeness (QED) is 0.163. The largest absolute Gasteiger partial charge is 0.309 e. The van der Waals surface area contributed by atoms with Gasteiger partial charge in [0, 0.05) is 33.0 Å². The van der Waals surface area contributed by atoms with Crippen molar-refractivity contribution in [3.8, 4) is 61.6 Å². The molecule has 0 saturated carbocycles. The molecule has 10 rings (SSSR count). The van der Waals surface area contributed by atoms with Gasteiger partial charge in [0.05, 0.1) is 22.4 Å². The summed E-state index contributed by atoms with van der Waals surface area (Å²) in [6.07, 6.45) is 1.75. The molecule has 2 aromatic heterocycles. The second-order valence-electron chi connectivity index (χ2n) is 14.8. The molecular formula is C53H42N2. The third-order valence-electron chi connectivity index (χ3n) is 11.0. The van der Waals surface area contributed by atoms with Crippen molar-refractivity contribution in [3.63, 3.8) is 0 Å². The molecule has 9 aromatic rings. The van der Waals surface area contributed by atoms with Crippen molar-refractivity contribution in [1.29, 1.82) is 0 Å². The molecule has 0 radical (unpaired) electrons. The first-order valence-corrected chi connectivity index (χ1v) is 19.0. The summed E-state index contributed by atoms with van der Waals surface area (Å²) in [5, 5.41) is 2.41.